The van der Waals surface area contributed by atoms with Crippen molar-refractivity contribution in [2.75, 3.05) is 17.2 Å². The molecule has 0 heterocycles. The second-order valence-electron chi connectivity index (χ2n) is 4.62. The van der Waals surface area contributed by atoms with Crippen LogP contribution in [0.2, 0.25) is 0 Å². The second-order valence-corrected chi connectivity index (χ2v) is 4.62. The molecule has 0 aliphatic rings. The van der Waals surface area contributed by atoms with E-state index in [0.29, 0.717) is 0 Å². The number of nitrogens with zero attached hydrogens (tertiary/aromatic N) is 1. The standard InChI is InChI=1S/C16H19FN2/c1-3-19(15-9-7-14(17)8-10-15)11-13-5-4-6-16(18)12(13)2/h4-10H,3,11,18H2,1-2H3. The highest BCUT2D eigenvalue weighted by Crippen LogP contribution is 2.21. The van der Waals surface area contributed by atoms with Gasteiger partial charge in [-0.25, -0.2) is 4.39 Å². The zero-order chi connectivity index (χ0) is 13.8. The first-order valence-electron chi connectivity index (χ1n) is 6.46. The van der Waals surface area contributed by atoms with Crippen molar-refractivity contribution >= 4 is 11.4 Å². The summed E-state index contributed by atoms with van der Waals surface area (Å²) in [5.74, 6) is -0.208. The fourth-order valence-electron chi connectivity index (χ4n) is 2.12. The van der Waals surface area contributed by atoms with E-state index in [1.165, 1.54) is 17.7 Å². The van der Waals surface area contributed by atoms with E-state index >= 15 is 0 Å². The van der Waals surface area contributed by atoms with Crippen LogP contribution in [0.1, 0.15) is 18.1 Å². The van der Waals surface area contributed by atoms with Gasteiger partial charge in [-0.15, -0.1) is 0 Å². The Morgan fingerprint density at radius 3 is 2.42 bits per heavy atom. The molecule has 2 nitrogen and oxygen atoms in total. The number of nitrogen functional groups attached to an aromatic ring is 1. The lowest BCUT2D eigenvalue weighted by Gasteiger charge is -2.24. The summed E-state index contributed by atoms with van der Waals surface area (Å²) >= 11 is 0. The quantitative estimate of drug-likeness (QED) is 0.846. The van der Waals surface area contributed by atoms with Gasteiger partial charge in [-0.05, 0) is 55.3 Å². The smallest absolute Gasteiger partial charge is 0.123 e. The second kappa shape index (κ2) is 5.74. The predicted octanol–water partition coefficient (Wildman–Crippen LogP) is 3.74. The minimum absolute atomic E-state index is 0.208. The van der Waals surface area contributed by atoms with Crippen molar-refractivity contribution in [1.29, 1.82) is 0 Å². The van der Waals surface area contributed by atoms with Gasteiger partial charge in [0.2, 0.25) is 0 Å². The van der Waals surface area contributed by atoms with Gasteiger partial charge in [-0.1, -0.05) is 12.1 Å². The lowest BCUT2D eigenvalue weighted by atomic mass is 10.1. The summed E-state index contributed by atoms with van der Waals surface area (Å²) in [4.78, 5) is 2.20. The minimum atomic E-state index is -0.208. The van der Waals surface area contributed by atoms with Crippen molar-refractivity contribution in [3.8, 4) is 0 Å². The third kappa shape index (κ3) is 3.05. The first-order valence-corrected chi connectivity index (χ1v) is 6.46. The monoisotopic (exact) mass is 258 g/mol. The number of nitrogens with two attached hydrogens (primary N) is 1. The Morgan fingerprint density at radius 1 is 1.11 bits per heavy atom. The van der Waals surface area contributed by atoms with Crippen LogP contribution in [0, 0.1) is 12.7 Å². The Morgan fingerprint density at radius 2 is 1.79 bits per heavy atom. The van der Waals surface area contributed by atoms with Crippen molar-refractivity contribution in [3.05, 3.63) is 59.4 Å². The minimum Gasteiger partial charge on any atom is -0.399 e. The van der Waals surface area contributed by atoms with Gasteiger partial charge in [-0.3, -0.25) is 0 Å². The summed E-state index contributed by atoms with van der Waals surface area (Å²) in [5, 5.41) is 0. The molecule has 2 N–H and O–H groups in total. The Balaban J connectivity index is 2.24. The number of halogens is 1. The highest BCUT2D eigenvalue weighted by molar-refractivity contribution is 5.53. The van der Waals surface area contributed by atoms with Gasteiger partial charge in [0, 0.05) is 24.5 Å². The molecule has 0 aliphatic carbocycles. The molecule has 0 aromatic heterocycles. The van der Waals surface area contributed by atoms with Crippen LogP contribution in [-0.2, 0) is 6.54 Å². The van der Waals surface area contributed by atoms with Crippen LogP contribution in [0.25, 0.3) is 0 Å². The zero-order valence-corrected chi connectivity index (χ0v) is 11.4. The van der Waals surface area contributed by atoms with Crippen molar-refractivity contribution in [2.45, 2.75) is 20.4 Å². The molecule has 0 saturated carbocycles. The molecule has 2 rings (SSSR count). The maximum Gasteiger partial charge on any atom is 0.123 e. The van der Waals surface area contributed by atoms with Crippen molar-refractivity contribution in [1.82, 2.24) is 0 Å². The number of benzene rings is 2. The van der Waals surface area contributed by atoms with E-state index < -0.39 is 0 Å². The van der Waals surface area contributed by atoms with Crippen LogP contribution >= 0.6 is 0 Å². The van der Waals surface area contributed by atoms with Gasteiger partial charge < -0.3 is 10.6 Å². The SMILES string of the molecule is CCN(Cc1cccc(N)c1C)c1ccc(F)cc1. The molecule has 0 radical (unpaired) electrons. The maximum absolute atomic E-state index is 13.0. The summed E-state index contributed by atoms with van der Waals surface area (Å²) in [5.41, 5.74) is 10.1. The van der Waals surface area contributed by atoms with Gasteiger partial charge in [0.15, 0.2) is 0 Å². The number of hydrogen-bond acceptors (Lipinski definition) is 2. The molecule has 0 unspecified atom stereocenters. The van der Waals surface area contributed by atoms with E-state index in [-0.39, 0.29) is 5.82 Å². The molecule has 0 spiro atoms. The first-order chi connectivity index (χ1) is 9.11. The third-order valence-corrected chi connectivity index (χ3v) is 3.42. The summed E-state index contributed by atoms with van der Waals surface area (Å²) in [6.45, 7) is 5.76. The molecule has 0 bridgehead atoms. The van der Waals surface area contributed by atoms with E-state index in [1.54, 1.807) is 12.1 Å². The van der Waals surface area contributed by atoms with Crippen molar-refractivity contribution in [3.63, 3.8) is 0 Å². The van der Waals surface area contributed by atoms with E-state index in [2.05, 4.69) is 17.9 Å². The summed E-state index contributed by atoms with van der Waals surface area (Å²) in [6.07, 6.45) is 0. The molecule has 100 valence electrons. The predicted molar refractivity (Wildman–Crippen MR) is 78.7 cm³/mol. The van der Waals surface area contributed by atoms with E-state index in [4.69, 9.17) is 5.73 Å². The van der Waals surface area contributed by atoms with Crippen molar-refractivity contribution < 1.29 is 4.39 Å². The highest BCUT2D eigenvalue weighted by Gasteiger charge is 2.08. The normalized spacial score (nSPS) is 10.5. The lowest BCUT2D eigenvalue weighted by molar-refractivity contribution is 0.627. The Kier molecular flexibility index (Phi) is 4.05. The Bertz CT molecular complexity index is 549. The molecule has 0 fully saturated rings. The molecule has 0 aliphatic heterocycles. The fraction of sp³-hybridized carbons (Fsp3) is 0.250. The Labute approximate surface area is 113 Å². The fourth-order valence-corrected chi connectivity index (χ4v) is 2.12. The number of hydrogen-bond donors (Lipinski definition) is 1. The average Bonchev–Trinajstić information content (AvgIpc) is 2.42. The zero-order valence-electron chi connectivity index (χ0n) is 11.4. The van der Waals surface area contributed by atoms with Crippen LogP contribution in [0.3, 0.4) is 0 Å². The van der Waals surface area contributed by atoms with Gasteiger partial charge in [0.25, 0.3) is 0 Å². The molecule has 2 aromatic rings. The average molecular weight is 258 g/mol. The van der Waals surface area contributed by atoms with Gasteiger partial charge in [0.1, 0.15) is 5.82 Å². The molecule has 0 saturated heterocycles. The first kappa shape index (κ1) is 13.4. The van der Waals surface area contributed by atoms with Crippen LogP contribution in [0.15, 0.2) is 42.5 Å². The van der Waals surface area contributed by atoms with E-state index in [0.717, 1.165) is 30.0 Å². The number of rotatable bonds is 4. The molecule has 3 heteroatoms. The van der Waals surface area contributed by atoms with E-state index in [1.807, 2.05) is 19.1 Å². The maximum atomic E-state index is 13.0. The summed E-state index contributed by atoms with van der Waals surface area (Å²) in [6, 6.07) is 12.6. The highest BCUT2D eigenvalue weighted by atomic mass is 19.1. The van der Waals surface area contributed by atoms with Crippen molar-refractivity contribution in [2.24, 2.45) is 0 Å². The molecular weight excluding hydrogens is 239 g/mol. The largest absolute Gasteiger partial charge is 0.399 e. The molecule has 0 atom stereocenters. The molecule has 19 heavy (non-hydrogen) atoms. The van der Waals surface area contributed by atoms with Crippen LogP contribution < -0.4 is 10.6 Å². The number of anilines is 2. The van der Waals surface area contributed by atoms with Gasteiger partial charge in [-0.2, -0.15) is 0 Å². The Hall–Kier alpha value is -2.03. The molecule has 2 aromatic carbocycles. The summed E-state index contributed by atoms with van der Waals surface area (Å²) < 4.78 is 13.0. The van der Waals surface area contributed by atoms with Crippen LogP contribution in [-0.4, -0.2) is 6.54 Å². The topological polar surface area (TPSA) is 29.3 Å². The van der Waals surface area contributed by atoms with Crippen LogP contribution in [0.5, 0.6) is 0 Å². The van der Waals surface area contributed by atoms with Gasteiger partial charge >= 0.3 is 0 Å². The van der Waals surface area contributed by atoms with E-state index in [9.17, 15) is 4.39 Å². The van der Waals surface area contributed by atoms with Crippen LogP contribution in [0.4, 0.5) is 15.8 Å². The lowest BCUT2D eigenvalue weighted by Crippen LogP contribution is -2.22. The van der Waals surface area contributed by atoms with Gasteiger partial charge in [0.05, 0.1) is 0 Å². The third-order valence-electron chi connectivity index (χ3n) is 3.42. The molecular formula is C16H19FN2. The molecule has 0 amide bonds. The summed E-state index contributed by atoms with van der Waals surface area (Å²) in [7, 11) is 0.